The van der Waals surface area contributed by atoms with Gasteiger partial charge in [-0.25, -0.2) is 0 Å². The van der Waals surface area contributed by atoms with Crippen molar-refractivity contribution in [2.45, 2.75) is 3.26 Å². The summed E-state index contributed by atoms with van der Waals surface area (Å²) in [6, 6.07) is 0. The van der Waals surface area contributed by atoms with E-state index in [1.54, 1.807) is 0 Å². The molecule has 0 saturated carbocycles. The minimum atomic E-state index is 0.288. The molecule has 0 amide bonds. The van der Waals surface area contributed by atoms with Gasteiger partial charge in [-0.1, -0.05) is 22.6 Å². The van der Waals surface area contributed by atoms with E-state index < -0.39 is 0 Å². The highest BCUT2D eigenvalue weighted by Gasteiger charge is 1.98. The molecule has 0 saturated heterocycles. The van der Waals surface area contributed by atoms with Crippen molar-refractivity contribution < 1.29 is 0 Å². The zero-order valence-electron chi connectivity index (χ0n) is 4.14. The SMILES string of the molecule is N#CSC(I)C=C(I)I. The summed E-state index contributed by atoms with van der Waals surface area (Å²) < 4.78 is 1.49. The second-order valence-electron chi connectivity index (χ2n) is 1.02. The standard InChI is InChI=1S/C4H2I3NS/c5-3(6)1-4(7)9-2-8/h1,4H. The van der Waals surface area contributed by atoms with Crippen LogP contribution >= 0.6 is 79.5 Å². The summed E-state index contributed by atoms with van der Waals surface area (Å²) in [5.41, 5.74) is 0. The second-order valence-corrected chi connectivity index (χ2v) is 8.52. The largest absolute Gasteiger partial charge is 0.185 e. The van der Waals surface area contributed by atoms with Crippen LogP contribution in [0.3, 0.4) is 0 Å². The molecule has 9 heavy (non-hydrogen) atoms. The van der Waals surface area contributed by atoms with Crippen molar-refractivity contribution >= 4 is 79.5 Å². The van der Waals surface area contributed by atoms with Crippen LogP contribution in [0.25, 0.3) is 0 Å². The maximum Gasteiger partial charge on any atom is 0.134 e. The number of thioether (sulfide) groups is 1. The van der Waals surface area contributed by atoms with E-state index in [9.17, 15) is 0 Å². The molecule has 0 aliphatic carbocycles. The minimum absolute atomic E-state index is 0.288. The fraction of sp³-hybridized carbons (Fsp3) is 0.250. The van der Waals surface area contributed by atoms with Crippen molar-refractivity contribution in [3.63, 3.8) is 0 Å². The Hall–Kier alpha value is 1.77. The number of hydrogen-bond acceptors (Lipinski definition) is 2. The van der Waals surface area contributed by atoms with Gasteiger partial charge in [0.2, 0.25) is 0 Å². The molecule has 0 spiro atoms. The van der Waals surface area contributed by atoms with Gasteiger partial charge in [-0.15, -0.1) is 0 Å². The summed E-state index contributed by atoms with van der Waals surface area (Å²) in [5.74, 6) is 0. The van der Waals surface area contributed by atoms with E-state index >= 15 is 0 Å². The van der Waals surface area contributed by atoms with Crippen LogP contribution in [0.1, 0.15) is 0 Å². The predicted molar refractivity (Wildman–Crippen MR) is 67.1 cm³/mol. The van der Waals surface area contributed by atoms with Gasteiger partial charge in [0, 0.05) is 1.59 Å². The molecule has 0 radical (unpaired) electrons. The fourth-order valence-electron chi connectivity index (χ4n) is 0.183. The third kappa shape index (κ3) is 7.67. The van der Waals surface area contributed by atoms with Crippen LogP contribution in [0, 0.1) is 10.7 Å². The summed E-state index contributed by atoms with van der Waals surface area (Å²) in [4.78, 5) is 0. The van der Waals surface area contributed by atoms with Gasteiger partial charge in [0.1, 0.15) is 5.40 Å². The predicted octanol–water partition coefficient (Wildman–Crippen LogP) is 3.67. The Morgan fingerprint density at radius 1 is 1.67 bits per heavy atom. The fourth-order valence-corrected chi connectivity index (χ4v) is 3.77. The first-order valence-corrected chi connectivity index (χ1v) is 6.16. The number of nitriles is 1. The molecule has 1 atom stereocenters. The van der Waals surface area contributed by atoms with Gasteiger partial charge < -0.3 is 0 Å². The van der Waals surface area contributed by atoms with Crippen molar-refractivity contribution in [2.24, 2.45) is 0 Å². The van der Waals surface area contributed by atoms with Gasteiger partial charge in [0.25, 0.3) is 0 Å². The zero-order chi connectivity index (χ0) is 7.28. The lowest BCUT2D eigenvalue weighted by Gasteiger charge is -1.93. The Morgan fingerprint density at radius 2 is 2.22 bits per heavy atom. The molecule has 50 valence electrons. The van der Waals surface area contributed by atoms with Gasteiger partial charge in [0.15, 0.2) is 0 Å². The molecule has 0 rings (SSSR count). The molecule has 1 nitrogen and oxygen atoms in total. The van der Waals surface area contributed by atoms with Crippen LogP contribution in [-0.4, -0.2) is 3.26 Å². The number of hydrogen-bond donors (Lipinski definition) is 0. The second kappa shape index (κ2) is 6.48. The van der Waals surface area contributed by atoms with Crippen molar-refractivity contribution in [1.82, 2.24) is 0 Å². The Kier molecular flexibility index (Phi) is 7.75. The van der Waals surface area contributed by atoms with E-state index in [1.165, 1.54) is 13.3 Å². The number of alkyl halides is 1. The third-order valence-corrected chi connectivity index (χ3v) is 2.73. The van der Waals surface area contributed by atoms with E-state index in [0.717, 1.165) is 0 Å². The molecule has 1 unspecified atom stereocenters. The van der Waals surface area contributed by atoms with Crippen LogP contribution in [0.15, 0.2) is 7.66 Å². The lowest BCUT2D eigenvalue weighted by molar-refractivity contribution is 1.56. The maximum absolute atomic E-state index is 8.22. The highest BCUT2D eigenvalue weighted by atomic mass is 127. The highest BCUT2D eigenvalue weighted by Crippen LogP contribution is 2.24. The smallest absolute Gasteiger partial charge is 0.134 e. The van der Waals surface area contributed by atoms with Crippen molar-refractivity contribution in [1.29, 1.82) is 5.26 Å². The zero-order valence-corrected chi connectivity index (χ0v) is 11.4. The Morgan fingerprint density at radius 3 is 2.56 bits per heavy atom. The average Bonchev–Trinajstić information content (AvgIpc) is 1.63. The number of halogens is 3. The minimum Gasteiger partial charge on any atom is -0.185 e. The van der Waals surface area contributed by atoms with E-state index in [4.69, 9.17) is 5.26 Å². The first kappa shape index (κ1) is 10.8. The van der Waals surface area contributed by atoms with Crippen LogP contribution in [0.5, 0.6) is 0 Å². The molecular formula is C4H2I3NS. The topological polar surface area (TPSA) is 23.8 Å². The van der Waals surface area contributed by atoms with Crippen molar-refractivity contribution in [3.8, 4) is 5.40 Å². The van der Waals surface area contributed by atoms with Gasteiger partial charge in [-0.2, -0.15) is 5.26 Å². The quantitative estimate of drug-likeness (QED) is 0.345. The Bertz CT molecular complexity index is 146. The van der Waals surface area contributed by atoms with Crippen molar-refractivity contribution in [3.05, 3.63) is 7.66 Å². The molecule has 0 aromatic carbocycles. The lowest BCUT2D eigenvalue weighted by Crippen LogP contribution is -1.79. The average molecular weight is 477 g/mol. The number of thiocyanates is 1. The van der Waals surface area contributed by atoms with Gasteiger partial charge in [0.05, 0.1) is 3.26 Å². The van der Waals surface area contributed by atoms with E-state index in [-0.39, 0.29) is 3.26 Å². The molecule has 5 heteroatoms. The van der Waals surface area contributed by atoms with E-state index in [1.807, 2.05) is 11.5 Å². The highest BCUT2D eigenvalue weighted by molar-refractivity contribution is 14.2. The molecular weight excluding hydrogens is 475 g/mol. The summed E-state index contributed by atoms with van der Waals surface area (Å²) in [5, 5.41) is 10.3. The monoisotopic (exact) mass is 477 g/mol. The Labute approximate surface area is 99.4 Å². The first-order valence-electron chi connectivity index (χ1n) is 1.88. The normalized spacial score (nSPS) is 11.8. The molecule has 0 aromatic heterocycles. The van der Waals surface area contributed by atoms with Crippen LogP contribution in [0.4, 0.5) is 0 Å². The van der Waals surface area contributed by atoms with Crippen LogP contribution < -0.4 is 0 Å². The van der Waals surface area contributed by atoms with Gasteiger partial charge in [-0.3, -0.25) is 0 Å². The molecule has 0 bridgehead atoms. The number of nitrogens with zero attached hydrogens (tertiary/aromatic N) is 1. The molecule has 0 aliphatic rings. The van der Waals surface area contributed by atoms with Gasteiger partial charge >= 0.3 is 0 Å². The maximum atomic E-state index is 8.22. The van der Waals surface area contributed by atoms with Crippen molar-refractivity contribution in [2.75, 3.05) is 0 Å². The molecule has 0 N–H and O–H groups in total. The number of rotatable bonds is 2. The summed E-state index contributed by atoms with van der Waals surface area (Å²) in [7, 11) is 0. The van der Waals surface area contributed by atoms with E-state index in [0.29, 0.717) is 0 Å². The van der Waals surface area contributed by atoms with E-state index in [2.05, 4.69) is 67.8 Å². The summed E-state index contributed by atoms with van der Waals surface area (Å²) in [6.07, 6.45) is 2.04. The van der Waals surface area contributed by atoms with Crippen LogP contribution in [-0.2, 0) is 0 Å². The summed E-state index contributed by atoms with van der Waals surface area (Å²) >= 11 is 7.91. The van der Waals surface area contributed by atoms with Crippen LogP contribution in [0.2, 0.25) is 0 Å². The molecule has 0 aliphatic heterocycles. The third-order valence-electron chi connectivity index (χ3n) is 0.422. The van der Waals surface area contributed by atoms with Gasteiger partial charge in [-0.05, 0) is 63.0 Å². The lowest BCUT2D eigenvalue weighted by atomic mass is 10.8. The molecule has 0 aromatic rings. The molecule has 0 fully saturated rings. The summed E-state index contributed by atoms with van der Waals surface area (Å²) in [6.45, 7) is 0. The first-order chi connectivity index (χ1) is 4.16. The molecule has 0 heterocycles. The Balaban J connectivity index is 3.65.